The number of primary amides is 1. The van der Waals surface area contributed by atoms with Gasteiger partial charge in [-0.3, -0.25) is 4.79 Å². The Hall–Kier alpha value is -4.18. The molecule has 0 aliphatic carbocycles. The molecular formula is C26H17N3O. The Kier molecular flexibility index (Phi) is 3.44. The van der Waals surface area contributed by atoms with Crippen LogP contribution in [0.15, 0.2) is 90.1 Å². The van der Waals surface area contributed by atoms with Crippen LogP contribution in [0.25, 0.3) is 43.2 Å². The summed E-state index contributed by atoms with van der Waals surface area (Å²) < 4.78 is 1.85. The first-order valence-electron chi connectivity index (χ1n) is 9.81. The van der Waals surface area contributed by atoms with Crippen molar-refractivity contribution in [1.29, 1.82) is 0 Å². The topological polar surface area (TPSA) is 60.4 Å². The summed E-state index contributed by atoms with van der Waals surface area (Å²) in [5, 5.41) is 8.10. The van der Waals surface area contributed by atoms with E-state index in [4.69, 9.17) is 10.7 Å². The van der Waals surface area contributed by atoms with Crippen LogP contribution in [0, 0.1) is 0 Å². The van der Waals surface area contributed by atoms with Gasteiger partial charge in [0.1, 0.15) is 0 Å². The van der Waals surface area contributed by atoms with Crippen molar-refractivity contribution < 1.29 is 4.79 Å². The molecule has 4 heteroatoms. The molecule has 0 spiro atoms. The second-order valence-corrected chi connectivity index (χ2v) is 7.52. The molecule has 1 amide bonds. The predicted molar refractivity (Wildman–Crippen MR) is 124 cm³/mol. The molecule has 30 heavy (non-hydrogen) atoms. The van der Waals surface area contributed by atoms with Crippen molar-refractivity contribution in [3.8, 4) is 0 Å². The van der Waals surface area contributed by atoms with Crippen LogP contribution in [0.4, 0.5) is 5.69 Å². The SMILES string of the molecule is NC(=O)c1cn(C=Nc2ccc3ccc4cccc5ccc2c3c45)c2ccccc12. The van der Waals surface area contributed by atoms with Gasteiger partial charge in [-0.15, -0.1) is 0 Å². The lowest BCUT2D eigenvalue weighted by atomic mass is 9.94. The minimum atomic E-state index is -0.443. The number of aromatic nitrogens is 1. The lowest BCUT2D eigenvalue weighted by Gasteiger charge is -2.12. The standard InChI is InChI=1S/C26H17N3O/c27-26(30)21-14-29(23-7-2-1-6-19(21)23)15-28-22-13-11-18-9-8-16-4-3-5-17-10-12-20(22)25(18)24(16)17/h1-15H,(H2,27,30). The summed E-state index contributed by atoms with van der Waals surface area (Å²) in [5.74, 6) is -0.443. The van der Waals surface area contributed by atoms with Crippen LogP contribution < -0.4 is 5.73 Å². The van der Waals surface area contributed by atoms with Crippen LogP contribution in [0.2, 0.25) is 0 Å². The fourth-order valence-electron chi connectivity index (χ4n) is 4.45. The van der Waals surface area contributed by atoms with Gasteiger partial charge < -0.3 is 10.3 Å². The zero-order valence-corrected chi connectivity index (χ0v) is 16.0. The lowest BCUT2D eigenvalue weighted by molar-refractivity contribution is 0.100. The highest BCUT2D eigenvalue weighted by atomic mass is 16.1. The molecule has 0 saturated heterocycles. The van der Waals surface area contributed by atoms with E-state index in [-0.39, 0.29) is 0 Å². The van der Waals surface area contributed by atoms with E-state index in [0.29, 0.717) is 5.56 Å². The largest absolute Gasteiger partial charge is 0.366 e. The van der Waals surface area contributed by atoms with Crippen LogP contribution in [0.5, 0.6) is 0 Å². The molecule has 0 aliphatic heterocycles. The highest BCUT2D eigenvalue weighted by Crippen LogP contribution is 2.38. The first kappa shape index (κ1) is 16.7. The summed E-state index contributed by atoms with van der Waals surface area (Å²) in [5.41, 5.74) is 7.84. The van der Waals surface area contributed by atoms with Crippen molar-refractivity contribution in [2.45, 2.75) is 0 Å². The molecule has 0 fully saturated rings. The maximum Gasteiger partial charge on any atom is 0.250 e. The first-order chi connectivity index (χ1) is 14.7. The van der Waals surface area contributed by atoms with E-state index in [1.807, 2.05) is 34.9 Å². The molecule has 0 saturated carbocycles. The Morgan fingerprint density at radius 3 is 2.27 bits per heavy atom. The zero-order valence-electron chi connectivity index (χ0n) is 16.0. The van der Waals surface area contributed by atoms with Crippen molar-refractivity contribution in [3.05, 3.63) is 90.6 Å². The van der Waals surface area contributed by atoms with E-state index in [0.717, 1.165) is 22.0 Å². The van der Waals surface area contributed by atoms with E-state index < -0.39 is 5.91 Å². The van der Waals surface area contributed by atoms with Crippen LogP contribution in [-0.4, -0.2) is 16.8 Å². The van der Waals surface area contributed by atoms with E-state index in [9.17, 15) is 4.79 Å². The predicted octanol–water partition coefficient (Wildman–Crippen LogP) is 5.85. The summed E-state index contributed by atoms with van der Waals surface area (Å²) in [6, 6.07) is 26.9. The van der Waals surface area contributed by atoms with Gasteiger partial charge in [0, 0.05) is 17.0 Å². The van der Waals surface area contributed by atoms with E-state index >= 15 is 0 Å². The Morgan fingerprint density at radius 2 is 1.47 bits per heavy atom. The third kappa shape index (κ3) is 2.34. The Bertz CT molecular complexity index is 1610. The minimum absolute atomic E-state index is 0.443. The van der Waals surface area contributed by atoms with Gasteiger partial charge in [-0.25, -0.2) is 4.99 Å². The van der Waals surface area contributed by atoms with Gasteiger partial charge in [0.25, 0.3) is 5.91 Å². The van der Waals surface area contributed by atoms with Crippen LogP contribution in [0.1, 0.15) is 10.4 Å². The summed E-state index contributed by atoms with van der Waals surface area (Å²) in [4.78, 5) is 16.6. The maximum atomic E-state index is 11.8. The van der Waals surface area contributed by atoms with Crippen molar-refractivity contribution >= 4 is 61.2 Å². The molecule has 2 N–H and O–H groups in total. The summed E-state index contributed by atoms with van der Waals surface area (Å²) in [7, 11) is 0. The zero-order chi connectivity index (χ0) is 20.2. The number of carbonyl (C=O) groups excluding carboxylic acids is 1. The summed E-state index contributed by atoms with van der Waals surface area (Å²) in [6.45, 7) is 0. The van der Waals surface area contributed by atoms with Gasteiger partial charge in [-0.1, -0.05) is 66.7 Å². The molecule has 6 rings (SSSR count). The number of benzene rings is 5. The normalized spacial score (nSPS) is 12.1. The molecule has 0 bridgehead atoms. The number of fused-ring (bicyclic) bond motifs is 1. The quantitative estimate of drug-likeness (QED) is 0.231. The van der Waals surface area contributed by atoms with Crippen LogP contribution in [0.3, 0.4) is 0 Å². The van der Waals surface area contributed by atoms with E-state index in [2.05, 4.69) is 48.5 Å². The highest BCUT2D eigenvalue weighted by Gasteiger charge is 2.12. The highest BCUT2D eigenvalue weighted by molar-refractivity contribution is 6.25. The number of hydrogen-bond donors (Lipinski definition) is 1. The monoisotopic (exact) mass is 387 g/mol. The Balaban J connectivity index is 1.57. The van der Waals surface area contributed by atoms with Gasteiger partial charge in [-0.05, 0) is 39.1 Å². The average Bonchev–Trinajstić information content (AvgIpc) is 3.15. The second-order valence-electron chi connectivity index (χ2n) is 7.52. The summed E-state index contributed by atoms with van der Waals surface area (Å²) >= 11 is 0. The number of carbonyl (C=O) groups is 1. The number of nitrogens with zero attached hydrogens (tertiary/aromatic N) is 2. The van der Waals surface area contributed by atoms with Gasteiger partial charge in [0.15, 0.2) is 0 Å². The molecule has 1 heterocycles. The van der Waals surface area contributed by atoms with Gasteiger partial charge in [-0.2, -0.15) is 0 Å². The van der Waals surface area contributed by atoms with E-state index in [1.165, 1.54) is 26.9 Å². The number of hydrogen-bond acceptors (Lipinski definition) is 2. The third-order valence-corrected chi connectivity index (χ3v) is 5.83. The van der Waals surface area contributed by atoms with Crippen LogP contribution in [-0.2, 0) is 0 Å². The number of para-hydroxylation sites is 1. The van der Waals surface area contributed by atoms with E-state index in [1.54, 1.807) is 12.5 Å². The average molecular weight is 387 g/mol. The molecule has 1 aromatic heterocycles. The van der Waals surface area contributed by atoms with Gasteiger partial charge in [0.05, 0.1) is 23.1 Å². The molecule has 142 valence electrons. The minimum Gasteiger partial charge on any atom is -0.366 e. The molecule has 0 atom stereocenters. The maximum absolute atomic E-state index is 11.8. The van der Waals surface area contributed by atoms with Gasteiger partial charge >= 0.3 is 0 Å². The smallest absolute Gasteiger partial charge is 0.250 e. The van der Waals surface area contributed by atoms with Crippen LogP contribution >= 0.6 is 0 Å². The number of nitrogens with two attached hydrogens (primary N) is 1. The lowest BCUT2D eigenvalue weighted by Crippen LogP contribution is -2.10. The number of rotatable bonds is 3. The molecular weight excluding hydrogens is 370 g/mol. The second kappa shape index (κ2) is 6.16. The third-order valence-electron chi connectivity index (χ3n) is 5.83. The number of aliphatic imine (C=N–C) groups is 1. The molecule has 0 unspecified atom stereocenters. The molecule has 0 radical (unpaired) electrons. The summed E-state index contributed by atoms with van der Waals surface area (Å²) in [6.07, 6.45) is 3.49. The molecule has 6 aromatic rings. The number of amides is 1. The van der Waals surface area contributed by atoms with Crippen molar-refractivity contribution in [1.82, 2.24) is 4.57 Å². The van der Waals surface area contributed by atoms with Crippen molar-refractivity contribution in [3.63, 3.8) is 0 Å². The molecule has 0 aliphatic rings. The molecule has 5 aromatic carbocycles. The van der Waals surface area contributed by atoms with Gasteiger partial charge in [0.2, 0.25) is 0 Å². The molecule has 4 nitrogen and oxygen atoms in total. The first-order valence-corrected chi connectivity index (χ1v) is 9.81. The Morgan fingerprint density at radius 1 is 0.767 bits per heavy atom. The fourth-order valence-corrected chi connectivity index (χ4v) is 4.45. The van der Waals surface area contributed by atoms with Crippen molar-refractivity contribution in [2.75, 3.05) is 0 Å². The fraction of sp³-hybridized carbons (Fsp3) is 0. The Labute approximate surface area is 172 Å². The van der Waals surface area contributed by atoms with Crippen molar-refractivity contribution in [2.24, 2.45) is 10.7 Å².